The number of hydrogen-bond donors (Lipinski definition) is 0. The van der Waals surface area contributed by atoms with Crippen molar-refractivity contribution in [1.82, 2.24) is 4.98 Å². The predicted molar refractivity (Wildman–Crippen MR) is 64.4 cm³/mol. The Labute approximate surface area is 95.8 Å². The smallest absolute Gasteiger partial charge is 0.275 e. The van der Waals surface area contributed by atoms with Gasteiger partial charge in [0.15, 0.2) is 5.58 Å². The standard InChI is InChI=1S/C11H8INO/c1-7-3-4-8(2)11-10(7)13-9(14-11)5-6-12/h3-4H,1-2H3. The Morgan fingerprint density at radius 2 is 2.00 bits per heavy atom. The lowest BCUT2D eigenvalue weighted by Crippen LogP contribution is -1.79. The number of fused-ring (bicyclic) bond motifs is 1. The molecular formula is C11H8INO. The van der Waals surface area contributed by atoms with Gasteiger partial charge in [-0.1, -0.05) is 12.1 Å². The van der Waals surface area contributed by atoms with Gasteiger partial charge in [-0.05, 0) is 28.9 Å². The Hall–Kier alpha value is -1.02. The molecule has 0 bridgehead atoms. The molecule has 1 aromatic carbocycles. The molecule has 14 heavy (non-hydrogen) atoms. The molecule has 0 aliphatic carbocycles. The molecule has 0 saturated carbocycles. The van der Waals surface area contributed by atoms with Crippen molar-refractivity contribution in [2.75, 3.05) is 0 Å². The number of aromatic nitrogens is 1. The molecule has 0 spiro atoms. The Bertz CT molecular complexity index is 506. The summed E-state index contributed by atoms with van der Waals surface area (Å²) in [5, 5.41) is 0. The van der Waals surface area contributed by atoms with Crippen LogP contribution in [0.3, 0.4) is 0 Å². The molecule has 0 fully saturated rings. The van der Waals surface area contributed by atoms with Crippen LogP contribution in [-0.4, -0.2) is 4.98 Å². The summed E-state index contributed by atoms with van der Waals surface area (Å²) in [6.07, 6.45) is 0. The Morgan fingerprint density at radius 3 is 2.64 bits per heavy atom. The highest BCUT2D eigenvalue weighted by molar-refractivity contribution is 14.1. The summed E-state index contributed by atoms with van der Waals surface area (Å²) >= 11 is 1.97. The normalized spacial score (nSPS) is 9.93. The summed E-state index contributed by atoms with van der Waals surface area (Å²) in [5.41, 5.74) is 3.98. The average molecular weight is 297 g/mol. The van der Waals surface area contributed by atoms with Crippen molar-refractivity contribution in [3.8, 4) is 9.85 Å². The zero-order chi connectivity index (χ0) is 10.1. The van der Waals surface area contributed by atoms with Gasteiger partial charge >= 0.3 is 0 Å². The molecule has 0 N–H and O–H groups in total. The largest absolute Gasteiger partial charge is 0.430 e. The van der Waals surface area contributed by atoms with E-state index in [9.17, 15) is 0 Å². The summed E-state index contributed by atoms with van der Waals surface area (Å²) in [6, 6.07) is 4.07. The van der Waals surface area contributed by atoms with Crippen LogP contribution in [0.2, 0.25) is 0 Å². The van der Waals surface area contributed by atoms with Crippen molar-refractivity contribution >= 4 is 33.7 Å². The maximum atomic E-state index is 5.53. The monoisotopic (exact) mass is 297 g/mol. The van der Waals surface area contributed by atoms with E-state index in [1.807, 2.05) is 48.6 Å². The Kier molecular flexibility index (Phi) is 2.46. The average Bonchev–Trinajstić information content (AvgIpc) is 2.57. The fourth-order valence-electron chi connectivity index (χ4n) is 1.35. The van der Waals surface area contributed by atoms with Crippen molar-refractivity contribution in [2.24, 2.45) is 0 Å². The summed E-state index contributed by atoms with van der Waals surface area (Å²) < 4.78 is 8.28. The van der Waals surface area contributed by atoms with Crippen LogP contribution in [0.4, 0.5) is 0 Å². The first-order valence-corrected chi connectivity index (χ1v) is 5.28. The summed E-state index contributed by atoms with van der Waals surface area (Å²) in [5.74, 6) is 3.30. The molecule has 0 aliphatic rings. The van der Waals surface area contributed by atoms with Gasteiger partial charge < -0.3 is 4.42 Å². The Morgan fingerprint density at radius 1 is 1.29 bits per heavy atom. The number of oxazole rings is 1. The van der Waals surface area contributed by atoms with Gasteiger partial charge in [-0.2, -0.15) is 0 Å². The Balaban J connectivity index is 2.79. The van der Waals surface area contributed by atoms with E-state index in [2.05, 4.69) is 14.8 Å². The second kappa shape index (κ2) is 3.62. The first-order chi connectivity index (χ1) is 6.72. The fraction of sp³-hybridized carbons (Fsp3) is 0.182. The van der Waals surface area contributed by atoms with E-state index in [1.165, 1.54) is 0 Å². The third kappa shape index (κ3) is 1.50. The van der Waals surface area contributed by atoms with Gasteiger partial charge in [0.1, 0.15) is 5.52 Å². The van der Waals surface area contributed by atoms with Gasteiger partial charge in [0.2, 0.25) is 0 Å². The molecule has 0 amide bonds. The summed E-state index contributed by atoms with van der Waals surface area (Å²) in [4.78, 5) is 4.32. The van der Waals surface area contributed by atoms with E-state index < -0.39 is 0 Å². The summed E-state index contributed by atoms with van der Waals surface area (Å²) in [6.45, 7) is 4.03. The van der Waals surface area contributed by atoms with Crippen LogP contribution in [-0.2, 0) is 0 Å². The van der Waals surface area contributed by atoms with Crippen molar-refractivity contribution in [1.29, 1.82) is 0 Å². The van der Waals surface area contributed by atoms with E-state index in [-0.39, 0.29) is 0 Å². The molecule has 2 aromatic rings. The van der Waals surface area contributed by atoms with Crippen LogP contribution in [0.15, 0.2) is 16.5 Å². The van der Waals surface area contributed by atoms with Crippen molar-refractivity contribution in [3.63, 3.8) is 0 Å². The van der Waals surface area contributed by atoms with Crippen molar-refractivity contribution in [2.45, 2.75) is 13.8 Å². The lowest BCUT2D eigenvalue weighted by atomic mass is 10.1. The van der Waals surface area contributed by atoms with E-state index >= 15 is 0 Å². The van der Waals surface area contributed by atoms with Gasteiger partial charge in [-0.25, -0.2) is 4.98 Å². The van der Waals surface area contributed by atoms with Gasteiger partial charge in [0.05, 0.1) is 0 Å². The molecule has 2 nitrogen and oxygen atoms in total. The van der Waals surface area contributed by atoms with Crippen LogP contribution in [0.25, 0.3) is 11.1 Å². The van der Waals surface area contributed by atoms with Crippen LogP contribution in [0.1, 0.15) is 17.0 Å². The van der Waals surface area contributed by atoms with Crippen LogP contribution in [0, 0.1) is 23.7 Å². The highest BCUT2D eigenvalue weighted by Gasteiger charge is 2.08. The second-order valence-electron chi connectivity index (χ2n) is 3.12. The quantitative estimate of drug-likeness (QED) is 0.551. The van der Waals surface area contributed by atoms with E-state index in [1.54, 1.807) is 0 Å². The van der Waals surface area contributed by atoms with E-state index in [0.29, 0.717) is 5.89 Å². The summed E-state index contributed by atoms with van der Waals surface area (Å²) in [7, 11) is 0. The third-order valence-electron chi connectivity index (χ3n) is 2.10. The zero-order valence-corrected chi connectivity index (χ0v) is 10.0. The molecule has 0 saturated heterocycles. The molecule has 2 rings (SSSR count). The first kappa shape index (κ1) is 9.53. The molecule has 0 unspecified atom stereocenters. The maximum absolute atomic E-state index is 5.53. The number of rotatable bonds is 0. The van der Waals surface area contributed by atoms with Gasteiger partial charge in [-0.15, -0.1) is 0 Å². The predicted octanol–water partition coefficient (Wildman–Crippen LogP) is 3.19. The van der Waals surface area contributed by atoms with Crippen LogP contribution >= 0.6 is 22.6 Å². The van der Waals surface area contributed by atoms with Crippen LogP contribution < -0.4 is 0 Å². The lowest BCUT2D eigenvalue weighted by molar-refractivity contribution is 0.584. The minimum atomic E-state index is 0.492. The second-order valence-corrected chi connectivity index (χ2v) is 3.65. The lowest BCUT2D eigenvalue weighted by Gasteiger charge is -1.94. The highest BCUT2D eigenvalue weighted by atomic mass is 127. The maximum Gasteiger partial charge on any atom is 0.275 e. The first-order valence-electron chi connectivity index (χ1n) is 4.21. The van der Waals surface area contributed by atoms with Gasteiger partial charge in [0.25, 0.3) is 5.89 Å². The van der Waals surface area contributed by atoms with Gasteiger partial charge in [-0.3, -0.25) is 0 Å². The molecule has 70 valence electrons. The SMILES string of the molecule is Cc1ccc(C)c2oc(C#CI)nc12. The van der Waals surface area contributed by atoms with E-state index in [4.69, 9.17) is 4.42 Å². The molecule has 1 aromatic heterocycles. The molecule has 0 radical (unpaired) electrons. The number of benzene rings is 1. The highest BCUT2D eigenvalue weighted by Crippen LogP contribution is 2.22. The zero-order valence-electron chi connectivity index (χ0n) is 7.89. The molecular weight excluding hydrogens is 289 g/mol. The number of aryl methyl sites for hydroxylation is 2. The minimum absolute atomic E-state index is 0.492. The molecule has 1 heterocycles. The van der Waals surface area contributed by atoms with E-state index in [0.717, 1.165) is 22.2 Å². The molecule has 0 atom stereocenters. The topological polar surface area (TPSA) is 26.0 Å². The number of halogens is 1. The number of nitrogens with zero attached hydrogens (tertiary/aromatic N) is 1. The molecule has 3 heteroatoms. The van der Waals surface area contributed by atoms with Crippen molar-refractivity contribution in [3.05, 3.63) is 29.2 Å². The van der Waals surface area contributed by atoms with Gasteiger partial charge in [0, 0.05) is 28.5 Å². The van der Waals surface area contributed by atoms with Crippen molar-refractivity contribution < 1.29 is 4.42 Å². The fourth-order valence-corrected chi connectivity index (χ4v) is 1.58. The number of hydrogen-bond acceptors (Lipinski definition) is 2. The molecule has 0 aliphatic heterocycles. The third-order valence-corrected chi connectivity index (χ3v) is 2.37. The minimum Gasteiger partial charge on any atom is -0.430 e. The van der Waals surface area contributed by atoms with Crippen LogP contribution in [0.5, 0.6) is 0 Å².